The fourth-order valence-electron chi connectivity index (χ4n) is 0.856. The summed E-state index contributed by atoms with van der Waals surface area (Å²) in [5, 5.41) is 9.28. The Morgan fingerprint density at radius 3 is 1.82 bits per heavy atom. The molecule has 0 aliphatic carbocycles. The van der Waals surface area contributed by atoms with Crippen LogP contribution in [0.3, 0.4) is 0 Å². The Kier molecular flexibility index (Phi) is 4.65. The molecule has 0 aromatic rings. The van der Waals surface area contributed by atoms with Crippen molar-refractivity contribution in [2.75, 3.05) is 13.2 Å². The molecule has 0 bridgehead atoms. The molecule has 11 heavy (non-hydrogen) atoms. The Balaban J connectivity index is 4.01. The highest BCUT2D eigenvalue weighted by molar-refractivity contribution is 4.69. The van der Waals surface area contributed by atoms with Gasteiger partial charge in [0.1, 0.15) is 6.10 Å². The van der Waals surface area contributed by atoms with E-state index in [1.165, 1.54) is 0 Å². The molecule has 1 unspecified atom stereocenters. The highest BCUT2D eigenvalue weighted by Crippen LogP contribution is 2.16. The zero-order valence-corrected chi connectivity index (χ0v) is 7.76. The van der Waals surface area contributed by atoms with Crippen molar-refractivity contribution >= 4 is 0 Å². The third-order valence-corrected chi connectivity index (χ3v) is 1.62. The van der Waals surface area contributed by atoms with Crippen LogP contribution in [0, 0.1) is 0 Å². The molecule has 0 aromatic heterocycles. The van der Waals surface area contributed by atoms with Gasteiger partial charge in [-0.3, -0.25) is 0 Å². The van der Waals surface area contributed by atoms with Crippen molar-refractivity contribution in [3.63, 3.8) is 0 Å². The normalized spacial score (nSPS) is 15.0. The molecule has 0 heterocycles. The van der Waals surface area contributed by atoms with E-state index < -0.39 is 11.9 Å². The highest BCUT2D eigenvalue weighted by Gasteiger charge is 2.30. The molecule has 0 fully saturated rings. The zero-order valence-electron chi connectivity index (χ0n) is 7.76. The van der Waals surface area contributed by atoms with Crippen molar-refractivity contribution in [3.05, 3.63) is 0 Å². The molecule has 0 aliphatic rings. The standard InChI is InChI=1S/C8H18O3/c1-5-10-8(4,7(3)9)11-6-2/h7,9H,5-6H2,1-4H3. The van der Waals surface area contributed by atoms with Crippen LogP contribution in [0.4, 0.5) is 0 Å². The lowest BCUT2D eigenvalue weighted by molar-refractivity contribution is -0.264. The van der Waals surface area contributed by atoms with E-state index in [1.54, 1.807) is 13.8 Å². The Morgan fingerprint density at radius 1 is 1.27 bits per heavy atom. The molecular weight excluding hydrogens is 144 g/mol. The van der Waals surface area contributed by atoms with E-state index in [-0.39, 0.29) is 0 Å². The van der Waals surface area contributed by atoms with Crippen molar-refractivity contribution in [1.82, 2.24) is 0 Å². The topological polar surface area (TPSA) is 38.7 Å². The van der Waals surface area contributed by atoms with Crippen LogP contribution in [0.5, 0.6) is 0 Å². The number of hydrogen-bond acceptors (Lipinski definition) is 3. The SMILES string of the molecule is CCOC(C)(OCC)C(C)O. The predicted octanol–water partition coefficient (Wildman–Crippen LogP) is 1.16. The molecule has 0 aliphatic heterocycles. The smallest absolute Gasteiger partial charge is 0.191 e. The fourth-order valence-corrected chi connectivity index (χ4v) is 0.856. The number of ether oxygens (including phenoxy) is 2. The van der Waals surface area contributed by atoms with Crippen LogP contribution < -0.4 is 0 Å². The minimum absolute atomic E-state index is 0.543. The van der Waals surface area contributed by atoms with Gasteiger partial charge in [0.2, 0.25) is 0 Å². The van der Waals surface area contributed by atoms with E-state index in [1.807, 2.05) is 13.8 Å². The molecule has 0 spiro atoms. The molecule has 0 aromatic carbocycles. The van der Waals surface area contributed by atoms with Gasteiger partial charge in [0.25, 0.3) is 0 Å². The van der Waals surface area contributed by atoms with E-state index in [0.717, 1.165) is 0 Å². The summed E-state index contributed by atoms with van der Waals surface area (Å²) in [6.07, 6.45) is -0.609. The van der Waals surface area contributed by atoms with Crippen molar-refractivity contribution in [2.24, 2.45) is 0 Å². The van der Waals surface area contributed by atoms with Crippen LogP contribution in [-0.4, -0.2) is 30.2 Å². The van der Waals surface area contributed by atoms with Crippen molar-refractivity contribution < 1.29 is 14.6 Å². The molecule has 3 heteroatoms. The molecule has 1 atom stereocenters. The summed E-state index contributed by atoms with van der Waals surface area (Å²) in [6, 6.07) is 0. The third-order valence-electron chi connectivity index (χ3n) is 1.62. The summed E-state index contributed by atoms with van der Waals surface area (Å²) >= 11 is 0. The van der Waals surface area contributed by atoms with Gasteiger partial charge < -0.3 is 14.6 Å². The third kappa shape index (κ3) is 3.18. The monoisotopic (exact) mass is 162 g/mol. The number of aliphatic hydroxyl groups is 1. The Bertz CT molecular complexity index is 95.5. The first kappa shape index (κ1) is 10.9. The van der Waals surface area contributed by atoms with Gasteiger partial charge in [0.05, 0.1) is 0 Å². The van der Waals surface area contributed by atoms with Crippen LogP contribution in [0.2, 0.25) is 0 Å². The number of hydrogen-bond donors (Lipinski definition) is 1. The molecule has 0 rings (SSSR count). The zero-order chi connectivity index (χ0) is 8.91. The van der Waals surface area contributed by atoms with Gasteiger partial charge in [0, 0.05) is 13.2 Å². The average Bonchev–Trinajstić information content (AvgIpc) is 1.88. The first-order valence-electron chi connectivity index (χ1n) is 4.02. The van der Waals surface area contributed by atoms with Gasteiger partial charge in [-0.15, -0.1) is 0 Å². The second kappa shape index (κ2) is 4.70. The minimum Gasteiger partial charge on any atom is -0.388 e. The largest absolute Gasteiger partial charge is 0.388 e. The Labute approximate surface area is 68.3 Å². The predicted molar refractivity (Wildman–Crippen MR) is 43.3 cm³/mol. The molecular formula is C8H18O3. The van der Waals surface area contributed by atoms with Gasteiger partial charge in [-0.1, -0.05) is 0 Å². The Hall–Kier alpha value is -0.120. The molecule has 68 valence electrons. The summed E-state index contributed by atoms with van der Waals surface area (Å²) in [5.74, 6) is -0.844. The van der Waals surface area contributed by atoms with Crippen LogP contribution >= 0.6 is 0 Å². The lowest BCUT2D eigenvalue weighted by Gasteiger charge is -2.31. The molecule has 0 saturated heterocycles. The molecule has 0 amide bonds. The van der Waals surface area contributed by atoms with Crippen molar-refractivity contribution in [1.29, 1.82) is 0 Å². The minimum atomic E-state index is -0.844. The summed E-state index contributed by atoms with van der Waals surface area (Å²) in [6.45, 7) is 8.23. The maximum Gasteiger partial charge on any atom is 0.191 e. The van der Waals surface area contributed by atoms with Gasteiger partial charge in [-0.25, -0.2) is 0 Å². The molecule has 0 radical (unpaired) electrons. The number of rotatable bonds is 5. The lowest BCUT2D eigenvalue weighted by atomic mass is 10.2. The first-order valence-corrected chi connectivity index (χ1v) is 4.02. The lowest BCUT2D eigenvalue weighted by Crippen LogP contribution is -2.43. The first-order chi connectivity index (χ1) is 5.06. The van der Waals surface area contributed by atoms with Gasteiger partial charge in [-0.05, 0) is 27.7 Å². The molecule has 0 saturated carbocycles. The number of aliphatic hydroxyl groups excluding tert-OH is 1. The maximum absolute atomic E-state index is 9.28. The molecule has 3 nitrogen and oxygen atoms in total. The quantitative estimate of drug-likeness (QED) is 0.616. The average molecular weight is 162 g/mol. The van der Waals surface area contributed by atoms with Crippen LogP contribution in [-0.2, 0) is 9.47 Å². The van der Waals surface area contributed by atoms with E-state index in [9.17, 15) is 5.11 Å². The van der Waals surface area contributed by atoms with Gasteiger partial charge in [-0.2, -0.15) is 0 Å². The second-order valence-electron chi connectivity index (χ2n) is 2.56. The summed E-state index contributed by atoms with van der Waals surface area (Å²) in [7, 11) is 0. The van der Waals surface area contributed by atoms with Gasteiger partial charge in [0.15, 0.2) is 5.79 Å². The summed E-state index contributed by atoms with van der Waals surface area (Å²) in [4.78, 5) is 0. The van der Waals surface area contributed by atoms with E-state index in [4.69, 9.17) is 9.47 Å². The summed E-state index contributed by atoms with van der Waals surface area (Å²) < 4.78 is 10.5. The maximum atomic E-state index is 9.28. The van der Waals surface area contributed by atoms with Crippen LogP contribution in [0.25, 0.3) is 0 Å². The van der Waals surface area contributed by atoms with E-state index in [2.05, 4.69) is 0 Å². The van der Waals surface area contributed by atoms with Crippen molar-refractivity contribution in [2.45, 2.75) is 39.6 Å². The van der Waals surface area contributed by atoms with Gasteiger partial charge >= 0.3 is 0 Å². The second-order valence-corrected chi connectivity index (χ2v) is 2.56. The van der Waals surface area contributed by atoms with E-state index in [0.29, 0.717) is 13.2 Å². The van der Waals surface area contributed by atoms with Crippen molar-refractivity contribution in [3.8, 4) is 0 Å². The summed E-state index contributed by atoms with van der Waals surface area (Å²) in [5.41, 5.74) is 0. The fraction of sp³-hybridized carbons (Fsp3) is 1.00. The van der Waals surface area contributed by atoms with E-state index >= 15 is 0 Å². The highest BCUT2D eigenvalue weighted by atomic mass is 16.7. The van der Waals surface area contributed by atoms with Crippen LogP contribution in [0.1, 0.15) is 27.7 Å². The Morgan fingerprint density at radius 2 is 1.64 bits per heavy atom. The molecule has 1 N–H and O–H groups in total. The van der Waals surface area contributed by atoms with Crippen LogP contribution in [0.15, 0.2) is 0 Å².